The van der Waals surface area contributed by atoms with Crippen LogP contribution in [0, 0.1) is 13.8 Å². The van der Waals surface area contributed by atoms with Crippen LogP contribution in [0.3, 0.4) is 0 Å². The molecule has 1 N–H and O–H groups in total. The van der Waals surface area contributed by atoms with Crippen LogP contribution in [-0.2, 0) is 0 Å². The van der Waals surface area contributed by atoms with Gasteiger partial charge in [-0.05, 0) is 19.9 Å². The summed E-state index contributed by atoms with van der Waals surface area (Å²) in [6.45, 7) is 3.61. The lowest BCUT2D eigenvalue weighted by atomic mass is 10.3. The third kappa shape index (κ3) is 1.92. The van der Waals surface area contributed by atoms with Gasteiger partial charge in [-0.25, -0.2) is 19.7 Å². The van der Waals surface area contributed by atoms with Crippen molar-refractivity contribution in [3.8, 4) is 10.7 Å². The molecule has 0 saturated carbocycles. The van der Waals surface area contributed by atoms with Crippen LogP contribution in [-0.4, -0.2) is 26.0 Å². The van der Waals surface area contributed by atoms with E-state index in [1.54, 1.807) is 19.2 Å². The maximum atomic E-state index is 10.8. The van der Waals surface area contributed by atoms with E-state index in [0.717, 1.165) is 17.0 Å². The molecular weight excluding hydrogens is 226 g/mol. The average Bonchev–Trinajstić information content (AvgIpc) is 2.60. The van der Waals surface area contributed by atoms with E-state index in [9.17, 15) is 4.79 Å². The van der Waals surface area contributed by atoms with E-state index in [4.69, 9.17) is 5.11 Å². The van der Waals surface area contributed by atoms with Crippen LogP contribution in [0.5, 0.6) is 0 Å². The highest BCUT2D eigenvalue weighted by Gasteiger charge is 2.16. The van der Waals surface area contributed by atoms with Gasteiger partial charge in [0.15, 0.2) is 5.82 Å². The fourth-order valence-electron chi connectivity index (χ4n) is 1.25. The van der Waals surface area contributed by atoms with E-state index in [-0.39, 0.29) is 5.01 Å². The summed E-state index contributed by atoms with van der Waals surface area (Å²) >= 11 is 1.09. The SMILES string of the molecule is Cc1ccnc(-c2sc(C(=O)O)nc2C)n1. The van der Waals surface area contributed by atoms with Gasteiger partial charge in [-0.3, -0.25) is 0 Å². The van der Waals surface area contributed by atoms with Crippen LogP contribution >= 0.6 is 11.3 Å². The molecule has 0 atom stereocenters. The van der Waals surface area contributed by atoms with Gasteiger partial charge in [0.2, 0.25) is 5.01 Å². The van der Waals surface area contributed by atoms with Crippen molar-refractivity contribution in [2.75, 3.05) is 0 Å². The zero-order valence-corrected chi connectivity index (χ0v) is 9.58. The number of carboxylic acids is 1. The quantitative estimate of drug-likeness (QED) is 0.860. The third-order valence-electron chi connectivity index (χ3n) is 1.98. The van der Waals surface area contributed by atoms with E-state index < -0.39 is 5.97 Å². The van der Waals surface area contributed by atoms with Gasteiger partial charge in [-0.2, -0.15) is 0 Å². The number of aromatic carboxylic acids is 1. The molecular formula is C10H9N3O2S. The van der Waals surface area contributed by atoms with Gasteiger partial charge >= 0.3 is 5.97 Å². The molecule has 6 heteroatoms. The molecule has 2 rings (SSSR count). The van der Waals surface area contributed by atoms with Gasteiger partial charge in [-0.1, -0.05) is 0 Å². The second-order valence-electron chi connectivity index (χ2n) is 3.26. The maximum absolute atomic E-state index is 10.8. The van der Waals surface area contributed by atoms with E-state index in [2.05, 4.69) is 15.0 Å². The van der Waals surface area contributed by atoms with Crippen LogP contribution in [0.1, 0.15) is 21.2 Å². The van der Waals surface area contributed by atoms with Crippen molar-refractivity contribution in [2.45, 2.75) is 13.8 Å². The molecule has 0 aromatic carbocycles. The molecule has 0 amide bonds. The van der Waals surface area contributed by atoms with Gasteiger partial charge in [-0.15, -0.1) is 11.3 Å². The molecule has 0 aliphatic heterocycles. The Bertz CT molecular complexity index is 551. The van der Waals surface area contributed by atoms with Gasteiger partial charge < -0.3 is 5.11 Å². The van der Waals surface area contributed by atoms with Gasteiger partial charge in [0, 0.05) is 11.9 Å². The number of hydrogen-bond acceptors (Lipinski definition) is 5. The first-order chi connectivity index (χ1) is 7.58. The second kappa shape index (κ2) is 3.97. The van der Waals surface area contributed by atoms with E-state index in [1.807, 2.05) is 6.92 Å². The normalized spacial score (nSPS) is 10.4. The minimum absolute atomic E-state index is 0.0672. The summed E-state index contributed by atoms with van der Waals surface area (Å²) in [5, 5.41) is 8.90. The second-order valence-corrected chi connectivity index (χ2v) is 4.26. The van der Waals surface area contributed by atoms with Gasteiger partial charge in [0.05, 0.1) is 10.6 Å². The van der Waals surface area contributed by atoms with E-state index in [1.165, 1.54) is 0 Å². The van der Waals surface area contributed by atoms with Crippen molar-refractivity contribution in [1.82, 2.24) is 15.0 Å². The Hall–Kier alpha value is -1.82. The van der Waals surface area contributed by atoms with E-state index >= 15 is 0 Å². The van der Waals surface area contributed by atoms with Crippen molar-refractivity contribution in [2.24, 2.45) is 0 Å². The first kappa shape index (κ1) is 10.7. The predicted molar refractivity (Wildman–Crippen MR) is 59.6 cm³/mol. The molecule has 0 aliphatic rings. The summed E-state index contributed by atoms with van der Waals surface area (Å²) in [5.74, 6) is -0.491. The molecule has 0 radical (unpaired) electrons. The zero-order valence-electron chi connectivity index (χ0n) is 8.76. The molecule has 0 fully saturated rings. The molecule has 0 spiro atoms. The van der Waals surface area contributed by atoms with Crippen molar-refractivity contribution in [1.29, 1.82) is 0 Å². The lowest BCUT2D eigenvalue weighted by molar-refractivity contribution is 0.0696. The number of carbonyl (C=O) groups is 1. The monoisotopic (exact) mass is 235 g/mol. The van der Waals surface area contributed by atoms with Crippen LogP contribution in [0.15, 0.2) is 12.3 Å². The molecule has 0 saturated heterocycles. The molecule has 82 valence electrons. The molecule has 0 bridgehead atoms. The maximum Gasteiger partial charge on any atom is 0.365 e. The summed E-state index contributed by atoms with van der Waals surface area (Å²) in [4.78, 5) is 23.8. The molecule has 5 nitrogen and oxygen atoms in total. The number of aryl methyl sites for hydroxylation is 2. The van der Waals surface area contributed by atoms with Crippen LogP contribution in [0.4, 0.5) is 0 Å². The Balaban J connectivity index is 2.52. The summed E-state index contributed by atoms with van der Waals surface area (Å²) in [6.07, 6.45) is 1.65. The highest BCUT2D eigenvalue weighted by atomic mass is 32.1. The molecule has 2 aromatic heterocycles. The Kier molecular flexibility index (Phi) is 2.66. The van der Waals surface area contributed by atoms with Crippen molar-refractivity contribution < 1.29 is 9.90 Å². The van der Waals surface area contributed by atoms with Crippen LogP contribution < -0.4 is 0 Å². The zero-order chi connectivity index (χ0) is 11.7. The average molecular weight is 235 g/mol. The van der Waals surface area contributed by atoms with Crippen LogP contribution in [0.2, 0.25) is 0 Å². The summed E-state index contributed by atoms with van der Waals surface area (Å²) in [5.41, 5.74) is 1.49. The van der Waals surface area contributed by atoms with Gasteiger partial charge in [0.25, 0.3) is 0 Å². The molecule has 2 heterocycles. The first-order valence-corrected chi connectivity index (χ1v) is 5.40. The summed E-state index contributed by atoms with van der Waals surface area (Å²) < 4.78 is 0. The highest BCUT2D eigenvalue weighted by molar-refractivity contribution is 7.17. The van der Waals surface area contributed by atoms with Crippen LogP contribution in [0.25, 0.3) is 10.7 Å². The molecule has 0 aliphatic carbocycles. The highest BCUT2D eigenvalue weighted by Crippen LogP contribution is 2.27. The minimum atomic E-state index is -1.02. The standard InChI is InChI=1S/C10H9N3O2S/c1-5-3-4-11-8(12-5)7-6(2)13-9(16-7)10(14)15/h3-4H,1-2H3,(H,14,15). The first-order valence-electron chi connectivity index (χ1n) is 4.58. The number of aromatic nitrogens is 3. The topological polar surface area (TPSA) is 76.0 Å². The Morgan fingerprint density at radius 3 is 2.69 bits per heavy atom. The Morgan fingerprint density at radius 1 is 1.38 bits per heavy atom. The fraction of sp³-hybridized carbons (Fsp3) is 0.200. The minimum Gasteiger partial charge on any atom is -0.476 e. The number of nitrogens with zero attached hydrogens (tertiary/aromatic N) is 3. The largest absolute Gasteiger partial charge is 0.476 e. The Labute approximate surface area is 95.8 Å². The van der Waals surface area contributed by atoms with Crippen molar-refractivity contribution in [3.05, 3.63) is 28.7 Å². The van der Waals surface area contributed by atoms with E-state index in [0.29, 0.717) is 16.4 Å². The summed E-state index contributed by atoms with van der Waals surface area (Å²) in [7, 11) is 0. The number of carboxylic acid groups (broad SMARTS) is 1. The van der Waals surface area contributed by atoms with Gasteiger partial charge in [0.1, 0.15) is 0 Å². The third-order valence-corrected chi connectivity index (χ3v) is 3.12. The fourth-order valence-corrected chi connectivity index (χ4v) is 2.10. The lowest BCUT2D eigenvalue weighted by Gasteiger charge is -1.97. The lowest BCUT2D eigenvalue weighted by Crippen LogP contribution is -1.93. The Morgan fingerprint density at radius 2 is 2.12 bits per heavy atom. The molecule has 2 aromatic rings. The number of thiazole rings is 1. The predicted octanol–water partition coefficient (Wildman–Crippen LogP) is 1.92. The molecule has 16 heavy (non-hydrogen) atoms. The van der Waals surface area contributed by atoms with Crippen molar-refractivity contribution >= 4 is 17.3 Å². The number of hydrogen-bond donors (Lipinski definition) is 1. The molecule has 0 unspecified atom stereocenters. The van der Waals surface area contributed by atoms with Crippen molar-refractivity contribution in [3.63, 3.8) is 0 Å². The smallest absolute Gasteiger partial charge is 0.365 e. The summed E-state index contributed by atoms with van der Waals surface area (Å²) in [6, 6.07) is 1.79. The number of rotatable bonds is 2.